The van der Waals surface area contributed by atoms with Crippen molar-refractivity contribution in [2.45, 2.75) is 0 Å². The molecule has 3 nitrogen and oxygen atoms in total. The lowest BCUT2D eigenvalue weighted by Gasteiger charge is -2.06. The van der Waals surface area contributed by atoms with Crippen molar-refractivity contribution in [3.8, 4) is 18.2 Å². The number of benzene rings is 2. The molecule has 2 aromatic rings. The molecule has 2 rings (SSSR count). The Kier molecular flexibility index (Phi) is 12.0. The lowest BCUT2D eigenvalue weighted by molar-refractivity contribution is 1.51. The minimum Gasteiger partial charge on any atom is -0.193 e. The molecule has 0 aliphatic heterocycles. The van der Waals surface area contributed by atoms with Gasteiger partial charge in [-0.2, -0.15) is 15.8 Å². The maximum Gasteiger partial charge on any atom is 0.111 e. The van der Waals surface area contributed by atoms with E-state index in [1.54, 1.807) is 18.2 Å². The average molecular weight is 346 g/mol. The highest BCUT2D eigenvalue weighted by Gasteiger charge is 2.02. The first kappa shape index (κ1) is 21.4. The summed E-state index contributed by atoms with van der Waals surface area (Å²) in [5.41, 5.74) is 3.09. The van der Waals surface area contributed by atoms with Gasteiger partial charge in [0.25, 0.3) is 0 Å². The second kappa shape index (κ2) is 14.0. The predicted octanol–water partition coefficient (Wildman–Crippen LogP) is 5.60. The zero-order chi connectivity index (χ0) is 18.9. The number of nitriles is 3. The molecule has 0 atom stereocenters. The topological polar surface area (TPSA) is 71.4 Å². The van der Waals surface area contributed by atoms with Crippen molar-refractivity contribution in [1.82, 2.24) is 0 Å². The van der Waals surface area contributed by atoms with E-state index in [1.807, 2.05) is 60.7 Å². The van der Waals surface area contributed by atoms with E-state index >= 15 is 0 Å². The fourth-order valence-electron chi connectivity index (χ4n) is 1.63. The molecular weight excluding hydrogens is 330 g/mol. The molecule has 4 heteroatoms. The van der Waals surface area contributed by atoms with Crippen LogP contribution in [0.2, 0.25) is 0 Å². The summed E-state index contributed by atoms with van der Waals surface area (Å²) in [4.78, 5) is 0. The molecule has 0 saturated heterocycles. The van der Waals surface area contributed by atoms with E-state index in [0.29, 0.717) is 0 Å². The van der Waals surface area contributed by atoms with E-state index in [4.69, 9.17) is 27.4 Å². The number of halogens is 1. The summed E-state index contributed by atoms with van der Waals surface area (Å²) >= 11 is 4.91. The van der Waals surface area contributed by atoms with Gasteiger partial charge in [0, 0.05) is 12.2 Å². The number of allylic oxidation sites excluding steroid dienone is 3. The number of hydrogen-bond donors (Lipinski definition) is 0. The molecule has 0 unspecified atom stereocenters. The Labute approximate surface area is 153 Å². The third-order valence-electron chi connectivity index (χ3n) is 2.59. The summed E-state index contributed by atoms with van der Waals surface area (Å²) in [6, 6.07) is 25.3. The quantitative estimate of drug-likeness (QED) is 0.665. The van der Waals surface area contributed by atoms with Gasteiger partial charge in [0.2, 0.25) is 0 Å². The monoisotopic (exact) mass is 345 g/mol. The van der Waals surface area contributed by atoms with Gasteiger partial charge in [0.1, 0.15) is 11.1 Å². The predicted molar refractivity (Wildman–Crippen MR) is 102 cm³/mol. The Morgan fingerprint density at radius 2 is 1.20 bits per heavy atom. The van der Waals surface area contributed by atoms with E-state index in [-0.39, 0.29) is 5.03 Å². The molecule has 0 amide bonds. The molecule has 0 saturated carbocycles. The molecule has 0 aromatic heterocycles. The van der Waals surface area contributed by atoms with Crippen molar-refractivity contribution < 1.29 is 0 Å². The summed E-state index contributed by atoms with van der Waals surface area (Å²) in [5.74, 6) is 0. The molecular formula is C21H16ClN3. The normalized spacial score (nSPS) is 7.60. The van der Waals surface area contributed by atoms with Gasteiger partial charge < -0.3 is 0 Å². The highest BCUT2D eigenvalue weighted by atomic mass is 35.5. The fourth-order valence-corrected chi connectivity index (χ4v) is 1.63. The smallest absolute Gasteiger partial charge is 0.111 e. The third kappa shape index (κ3) is 9.93. The van der Waals surface area contributed by atoms with Crippen molar-refractivity contribution in [2.24, 2.45) is 0 Å². The lowest BCUT2D eigenvalue weighted by atomic mass is 9.98. The minimum atomic E-state index is 0.0324. The first-order valence-corrected chi connectivity index (χ1v) is 7.44. The van der Waals surface area contributed by atoms with Crippen LogP contribution in [-0.2, 0) is 0 Å². The molecule has 122 valence electrons. The molecule has 25 heavy (non-hydrogen) atoms. The second-order valence-corrected chi connectivity index (χ2v) is 4.73. The largest absolute Gasteiger partial charge is 0.193 e. The van der Waals surface area contributed by atoms with Crippen molar-refractivity contribution in [3.63, 3.8) is 0 Å². The first-order valence-electron chi connectivity index (χ1n) is 7.06. The first-order chi connectivity index (χ1) is 12.1. The van der Waals surface area contributed by atoms with Gasteiger partial charge >= 0.3 is 0 Å². The van der Waals surface area contributed by atoms with E-state index in [2.05, 4.69) is 19.2 Å². The van der Waals surface area contributed by atoms with Gasteiger partial charge in [-0.05, 0) is 16.7 Å². The van der Waals surface area contributed by atoms with Crippen LogP contribution < -0.4 is 0 Å². The standard InChI is InChI=1S/C15H11N.C3H2ClN.C3H3N/c16-12-11-15(13-7-3-1-4-8-13)14-9-5-2-6-10-14;1-3(4)2-5;1-2-3-4/h1-11H;1H2;2H,1H2. The second-order valence-electron chi connectivity index (χ2n) is 4.27. The van der Waals surface area contributed by atoms with Crippen LogP contribution in [0.15, 0.2) is 91.0 Å². The van der Waals surface area contributed by atoms with Gasteiger partial charge in [-0.1, -0.05) is 85.4 Å². The van der Waals surface area contributed by atoms with Crippen LogP contribution in [0.5, 0.6) is 0 Å². The molecule has 0 aliphatic rings. The molecule has 0 bridgehead atoms. The molecule has 0 fully saturated rings. The van der Waals surface area contributed by atoms with E-state index in [0.717, 1.165) is 16.7 Å². The number of hydrogen-bond acceptors (Lipinski definition) is 3. The maximum atomic E-state index is 8.83. The van der Waals surface area contributed by atoms with Crippen molar-refractivity contribution in [1.29, 1.82) is 15.8 Å². The SMILES string of the molecule is C=C(Cl)C#N.C=CC#N.N#CC=C(c1ccccc1)c1ccccc1. The molecule has 0 radical (unpaired) electrons. The molecule has 0 heterocycles. The number of nitrogens with zero attached hydrogens (tertiary/aromatic N) is 3. The summed E-state index contributed by atoms with van der Waals surface area (Å²) in [5, 5.41) is 24.0. The molecule has 0 N–H and O–H groups in total. The van der Waals surface area contributed by atoms with E-state index < -0.39 is 0 Å². The Balaban J connectivity index is 0.000000536. The van der Waals surface area contributed by atoms with Crippen molar-refractivity contribution >= 4 is 17.2 Å². The zero-order valence-corrected chi connectivity index (χ0v) is 14.3. The Bertz CT molecular complexity index is 776. The third-order valence-corrected chi connectivity index (χ3v) is 2.68. The van der Waals surface area contributed by atoms with Crippen LogP contribution in [0.1, 0.15) is 11.1 Å². The summed E-state index contributed by atoms with van der Waals surface area (Å²) in [6.07, 6.45) is 2.77. The van der Waals surface area contributed by atoms with Crippen molar-refractivity contribution in [2.75, 3.05) is 0 Å². The summed E-state index contributed by atoms with van der Waals surface area (Å²) in [6.45, 7) is 6.20. The van der Waals surface area contributed by atoms with Gasteiger partial charge in [-0.3, -0.25) is 0 Å². The fraction of sp³-hybridized carbons (Fsp3) is 0. The van der Waals surface area contributed by atoms with Crippen LogP contribution in [0.25, 0.3) is 5.57 Å². The highest BCUT2D eigenvalue weighted by molar-refractivity contribution is 6.31. The summed E-state index contributed by atoms with van der Waals surface area (Å²) in [7, 11) is 0. The van der Waals surface area contributed by atoms with Gasteiger partial charge in [0.05, 0.1) is 12.1 Å². The maximum absolute atomic E-state index is 8.83. The van der Waals surface area contributed by atoms with Crippen molar-refractivity contribution in [3.05, 3.63) is 102 Å². The van der Waals surface area contributed by atoms with E-state index in [9.17, 15) is 0 Å². The van der Waals surface area contributed by atoms with Gasteiger partial charge in [-0.15, -0.1) is 0 Å². The average Bonchev–Trinajstić information content (AvgIpc) is 2.68. The van der Waals surface area contributed by atoms with Gasteiger partial charge in [-0.25, -0.2) is 0 Å². The Hall–Kier alpha value is -3.58. The highest BCUT2D eigenvalue weighted by Crippen LogP contribution is 2.22. The molecule has 0 spiro atoms. The summed E-state index contributed by atoms with van der Waals surface area (Å²) < 4.78 is 0. The van der Waals surface area contributed by atoms with Crippen LogP contribution in [0.3, 0.4) is 0 Å². The minimum absolute atomic E-state index is 0.0324. The van der Waals surface area contributed by atoms with Crippen LogP contribution in [0, 0.1) is 34.0 Å². The lowest BCUT2D eigenvalue weighted by Crippen LogP contribution is -1.86. The van der Waals surface area contributed by atoms with Gasteiger partial charge in [0.15, 0.2) is 0 Å². The Morgan fingerprint density at radius 1 is 0.840 bits per heavy atom. The molecule has 0 aliphatic carbocycles. The van der Waals surface area contributed by atoms with E-state index in [1.165, 1.54) is 6.08 Å². The van der Waals surface area contributed by atoms with Crippen LogP contribution >= 0.6 is 11.6 Å². The van der Waals surface area contributed by atoms with Crippen LogP contribution in [-0.4, -0.2) is 0 Å². The van der Waals surface area contributed by atoms with Crippen LogP contribution in [0.4, 0.5) is 0 Å². The zero-order valence-electron chi connectivity index (χ0n) is 13.6. The Morgan fingerprint density at radius 3 is 1.44 bits per heavy atom. The number of rotatable bonds is 2. The molecule has 2 aromatic carbocycles.